The van der Waals surface area contributed by atoms with Gasteiger partial charge in [0.1, 0.15) is 5.78 Å². The van der Waals surface area contributed by atoms with Crippen molar-refractivity contribution in [2.75, 3.05) is 0 Å². The molecule has 168 valence electrons. The van der Waals surface area contributed by atoms with Crippen LogP contribution in [0.3, 0.4) is 0 Å². The molecule has 0 aromatic heterocycles. The molecule has 0 heterocycles. The van der Waals surface area contributed by atoms with Crippen molar-refractivity contribution in [1.29, 1.82) is 0 Å². The Morgan fingerprint density at radius 1 is 1.00 bits per heavy atom. The number of aliphatic hydroxyl groups is 1. The van der Waals surface area contributed by atoms with Crippen molar-refractivity contribution in [3.63, 3.8) is 0 Å². The minimum atomic E-state index is -0.120. The molecule has 0 spiro atoms. The monoisotopic (exact) mass is 404 g/mol. The van der Waals surface area contributed by atoms with Gasteiger partial charge in [0.2, 0.25) is 0 Å². The number of Topliss-reactive ketones (excluding diaryl/α,β-unsaturated/α-hetero) is 1. The van der Waals surface area contributed by atoms with Gasteiger partial charge in [-0.1, -0.05) is 76.0 Å². The van der Waals surface area contributed by atoms with E-state index in [0.29, 0.717) is 18.3 Å². The van der Waals surface area contributed by atoms with Crippen LogP contribution in [0.15, 0.2) is 36.0 Å². The molecule has 0 aliphatic heterocycles. The molecule has 2 nitrogen and oxygen atoms in total. The van der Waals surface area contributed by atoms with E-state index < -0.39 is 0 Å². The molecular weight excluding hydrogens is 356 g/mol. The molecule has 1 aliphatic rings. The van der Waals surface area contributed by atoms with E-state index in [2.05, 4.69) is 44.2 Å². The SMILES string of the molecule is C/C=C(\C=C/CC)CCCCCC1CC[C@H](O)[C@@H]1C/C=C\CCCC(C)=O.CC. The van der Waals surface area contributed by atoms with Crippen molar-refractivity contribution in [3.05, 3.63) is 36.0 Å². The van der Waals surface area contributed by atoms with Crippen LogP contribution < -0.4 is 0 Å². The zero-order chi connectivity index (χ0) is 21.9. The van der Waals surface area contributed by atoms with Gasteiger partial charge < -0.3 is 9.90 Å². The maximum Gasteiger partial charge on any atom is 0.129 e. The molecule has 3 atom stereocenters. The van der Waals surface area contributed by atoms with Crippen molar-refractivity contribution in [2.45, 2.75) is 118 Å². The summed E-state index contributed by atoms with van der Waals surface area (Å²) in [4.78, 5) is 11.0. The van der Waals surface area contributed by atoms with Gasteiger partial charge in [0.05, 0.1) is 6.10 Å². The van der Waals surface area contributed by atoms with Gasteiger partial charge in [-0.25, -0.2) is 0 Å². The zero-order valence-corrected chi connectivity index (χ0v) is 20.0. The van der Waals surface area contributed by atoms with Crippen LogP contribution >= 0.6 is 0 Å². The Bertz CT molecular complexity index is 487. The number of aliphatic hydroxyl groups excluding tert-OH is 1. The highest BCUT2D eigenvalue weighted by Gasteiger charge is 2.33. The molecule has 1 aliphatic carbocycles. The zero-order valence-electron chi connectivity index (χ0n) is 20.0. The number of unbranched alkanes of at least 4 members (excludes halogenated alkanes) is 3. The van der Waals surface area contributed by atoms with Crippen LogP contribution in [-0.2, 0) is 4.79 Å². The highest BCUT2D eigenvalue weighted by Crippen LogP contribution is 2.38. The van der Waals surface area contributed by atoms with Crippen LogP contribution in [0.4, 0.5) is 0 Å². The van der Waals surface area contributed by atoms with Crippen LogP contribution in [-0.4, -0.2) is 17.0 Å². The number of hydrogen-bond acceptors (Lipinski definition) is 2. The molecule has 0 aromatic rings. The minimum absolute atomic E-state index is 0.120. The third kappa shape index (κ3) is 13.7. The highest BCUT2D eigenvalue weighted by atomic mass is 16.3. The average molecular weight is 405 g/mol. The quantitative estimate of drug-likeness (QED) is 0.181. The topological polar surface area (TPSA) is 37.3 Å². The Labute approximate surface area is 181 Å². The largest absolute Gasteiger partial charge is 0.393 e. The van der Waals surface area contributed by atoms with E-state index in [4.69, 9.17) is 0 Å². The van der Waals surface area contributed by atoms with Crippen LogP contribution in [0.25, 0.3) is 0 Å². The Hall–Kier alpha value is -1.15. The molecule has 2 heteroatoms. The van der Waals surface area contributed by atoms with Crippen molar-refractivity contribution < 1.29 is 9.90 Å². The summed E-state index contributed by atoms with van der Waals surface area (Å²) >= 11 is 0. The second-order valence-electron chi connectivity index (χ2n) is 8.14. The fourth-order valence-electron chi connectivity index (χ4n) is 4.18. The smallest absolute Gasteiger partial charge is 0.129 e. The van der Waals surface area contributed by atoms with E-state index in [-0.39, 0.29) is 11.9 Å². The summed E-state index contributed by atoms with van der Waals surface area (Å²) in [5.74, 6) is 1.40. The Morgan fingerprint density at radius 2 is 1.76 bits per heavy atom. The Kier molecular flexibility index (Phi) is 18.1. The number of hydrogen-bond donors (Lipinski definition) is 1. The fourth-order valence-corrected chi connectivity index (χ4v) is 4.18. The maximum atomic E-state index is 11.0. The molecule has 1 rings (SSSR count). The van der Waals surface area contributed by atoms with E-state index in [1.807, 2.05) is 13.8 Å². The van der Waals surface area contributed by atoms with Crippen molar-refractivity contribution in [1.82, 2.24) is 0 Å². The lowest BCUT2D eigenvalue weighted by Gasteiger charge is -2.20. The molecule has 29 heavy (non-hydrogen) atoms. The molecule has 0 saturated heterocycles. The normalized spacial score (nSPS) is 22.3. The number of rotatable bonds is 14. The van der Waals surface area contributed by atoms with E-state index in [0.717, 1.165) is 32.1 Å². The lowest BCUT2D eigenvalue weighted by atomic mass is 9.87. The van der Waals surface area contributed by atoms with Crippen LogP contribution in [0.1, 0.15) is 112 Å². The van der Waals surface area contributed by atoms with Gasteiger partial charge in [0, 0.05) is 6.42 Å². The summed E-state index contributed by atoms with van der Waals surface area (Å²) in [5, 5.41) is 10.3. The Balaban J connectivity index is 0.00000379. The van der Waals surface area contributed by atoms with Gasteiger partial charge in [0.25, 0.3) is 0 Å². The summed E-state index contributed by atoms with van der Waals surface area (Å²) in [7, 11) is 0. The first-order valence-electron chi connectivity index (χ1n) is 12.2. The third-order valence-electron chi connectivity index (χ3n) is 5.89. The van der Waals surface area contributed by atoms with Crippen LogP contribution in [0, 0.1) is 11.8 Å². The van der Waals surface area contributed by atoms with Crippen molar-refractivity contribution >= 4 is 5.78 Å². The predicted octanol–water partition coefficient (Wildman–Crippen LogP) is 7.97. The predicted molar refractivity (Wildman–Crippen MR) is 128 cm³/mol. The van der Waals surface area contributed by atoms with Gasteiger partial charge in [-0.05, 0) is 77.0 Å². The molecule has 0 amide bonds. The first-order chi connectivity index (χ1) is 14.1. The van der Waals surface area contributed by atoms with E-state index >= 15 is 0 Å². The second-order valence-corrected chi connectivity index (χ2v) is 8.14. The summed E-state index contributed by atoms with van der Waals surface area (Å²) in [6, 6.07) is 0. The molecular formula is C27H48O2. The lowest BCUT2D eigenvalue weighted by Crippen LogP contribution is -2.18. The lowest BCUT2D eigenvalue weighted by molar-refractivity contribution is -0.117. The second kappa shape index (κ2) is 18.9. The Morgan fingerprint density at radius 3 is 2.41 bits per heavy atom. The summed E-state index contributed by atoms with van der Waals surface area (Å²) in [6.45, 7) is 9.97. The van der Waals surface area contributed by atoms with Crippen molar-refractivity contribution in [2.24, 2.45) is 11.8 Å². The number of carbonyl (C=O) groups excluding carboxylic acids is 1. The maximum absolute atomic E-state index is 11.0. The molecule has 1 unspecified atom stereocenters. The minimum Gasteiger partial charge on any atom is -0.393 e. The molecule has 1 fully saturated rings. The van der Waals surface area contributed by atoms with Gasteiger partial charge in [-0.2, -0.15) is 0 Å². The molecule has 0 bridgehead atoms. The summed E-state index contributed by atoms with van der Waals surface area (Å²) in [6.07, 6.45) is 24.2. The molecule has 1 saturated carbocycles. The van der Waals surface area contributed by atoms with Gasteiger partial charge in [0.15, 0.2) is 0 Å². The van der Waals surface area contributed by atoms with E-state index in [1.165, 1.54) is 44.1 Å². The van der Waals surface area contributed by atoms with E-state index in [1.54, 1.807) is 6.92 Å². The first kappa shape index (κ1) is 27.8. The summed E-state index contributed by atoms with van der Waals surface area (Å²) in [5.41, 5.74) is 1.46. The first-order valence-corrected chi connectivity index (χ1v) is 12.2. The fraction of sp³-hybridized carbons (Fsp3) is 0.741. The number of carbonyl (C=O) groups is 1. The summed E-state index contributed by atoms with van der Waals surface area (Å²) < 4.78 is 0. The van der Waals surface area contributed by atoms with Gasteiger partial charge in [-0.3, -0.25) is 0 Å². The molecule has 0 radical (unpaired) electrons. The van der Waals surface area contributed by atoms with Gasteiger partial charge in [-0.15, -0.1) is 0 Å². The van der Waals surface area contributed by atoms with E-state index in [9.17, 15) is 9.90 Å². The molecule has 0 aromatic carbocycles. The highest BCUT2D eigenvalue weighted by molar-refractivity contribution is 5.75. The van der Waals surface area contributed by atoms with Crippen molar-refractivity contribution in [3.8, 4) is 0 Å². The number of ketones is 1. The number of allylic oxidation sites excluding steroid dienone is 6. The third-order valence-corrected chi connectivity index (χ3v) is 5.89. The van der Waals surface area contributed by atoms with Crippen LogP contribution in [0.2, 0.25) is 0 Å². The van der Waals surface area contributed by atoms with Crippen LogP contribution in [0.5, 0.6) is 0 Å². The average Bonchev–Trinajstić information content (AvgIpc) is 3.07. The molecule has 1 N–H and O–H groups in total. The standard InChI is InChI=1S/C25H42O2.C2H6/c1-4-6-15-22(5-2)16-11-9-12-17-23-19-20-25(27)24(23)18-13-8-7-10-14-21(3)26;1-2/h5-6,8,13,15,23-25,27H,4,7,9-12,14,16-20H2,1-3H3;1-2H3/b13-8-,15-6-,22-5+;/t23?,24-,25+;/m1./s1. The van der Waals surface area contributed by atoms with Gasteiger partial charge >= 0.3 is 0 Å².